The molecular weight excluding hydrogens is 312 g/mol. The molecule has 2 aromatic heterocycles. The maximum Gasteiger partial charge on any atom is 0.194 e. The van der Waals surface area contributed by atoms with Gasteiger partial charge in [0.15, 0.2) is 11.7 Å². The minimum Gasteiger partial charge on any atom is -0.440 e. The van der Waals surface area contributed by atoms with Gasteiger partial charge >= 0.3 is 0 Å². The standard InChI is InChI=1S/C13H17BrN2OS/c1-9(2)15-7-3-4-13-16-8-10(17-13)11-5-6-12(14)18-11/h5-6,8-9,15H,3-4,7H2,1-2H3. The number of hydrogen-bond donors (Lipinski definition) is 1. The summed E-state index contributed by atoms with van der Waals surface area (Å²) in [5.41, 5.74) is 0. The van der Waals surface area contributed by atoms with Crippen molar-refractivity contribution >= 4 is 27.3 Å². The first-order chi connectivity index (χ1) is 8.65. The van der Waals surface area contributed by atoms with Gasteiger partial charge in [-0.1, -0.05) is 13.8 Å². The smallest absolute Gasteiger partial charge is 0.194 e. The van der Waals surface area contributed by atoms with Crippen molar-refractivity contribution in [3.05, 3.63) is 28.0 Å². The van der Waals surface area contributed by atoms with Crippen molar-refractivity contribution in [1.29, 1.82) is 0 Å². The monoisotopic (exact) mass is 328 g/mol. The van der Waals surface area contributed by atoms with Crippen molar-refractivity contribution in [1.82, 2.24) is 10.3 Å². The molecule has 2 rings (SSSR count). The van der Waals surface area contributed by atoms with E-state index in [-0.39, 0.29) is 0 Å². The second-order valence-electron chi connectivity index (χ2n) is 4.43. The molecule has 0 aromatic carbocycles. The largest absolute Gasteiger partial charge is 0.440 e. The Labute approximate surface area is 120 Å². The average molecular weight is 329 g/mol. The van der Waals surface area contributed by atoms with Crippen LogP contribution in [0.2, 0.25) is 0 Å². The van der Waals surface area contributed by atoms with E-state index in [1.807, 2.05) is 18.3 Å². The number of halogens is 1. The molecule has 0 aliphatic rings. The summed E-state index contributed by atoms with van der Waals surface area (Å²) in [6, 6.07) is 4.60. The highest BCUT2D eigenvalue weighted by molar-refractivity contribution is 9.11. The Bertz CT molecular complexity index is 493. The average Bonchev–Trinajstić information content (AvgIpc) is 2.93. The Morgan fingerprint density at radius 1 is 1.44 bits per heavy atom. The van der Waals surface area contributed by atoms with Crippen LogP contribution in [0.15, 0.2) is 26.5 Å². The number of nitrogens with zero attached hydrogens (tertiary/aromatic N) is 1. The molecule has 0 atom stereocenters. The van der Waals surface area contributed by atoms with Crippen LogP contribution in [-0.2, 0) is 6.42 Å². The molecule has 0 saturated carbocycles. The van der Waals surface area contributed by atoms with Gasteiger partial charge in [-0.25, -0.2) is 4.98 Å². The summed E-state index contributed by atoms with van der Waals surface area (Å²) in [4.78, 5) is 5.43. The van der Waals surface area contributed by atoms with Crippen LogP contribution in [0.5, 0.6) is 0 Å². The Morgan fingerprint density at radius 2 is 2.28 bits per heavy atom. The van der Waals surface area contributed by atoms with E-state index in [0.717, 1.165) is 39.7 Å². The van der Waals surface area contributed by atoms with Gasteiger partial charge in [-0.3, -0.25) is 0 Å². The number of nitrogens with one attached hydrogen (secondary N) is 1. The molecule has 2 aromatic rings. The van der Waals surface area contributed by atoms with Crippen LogP contribution in [0.25, 0.3) is 10.6 Å². The lowest BCUT2D eigenvalue weighted by molar-refractivity contribution is 0.485. The van der Waals surface area contributed by atoms with Crippen LogP contribution in [0.4, 0.5) is 0 Å². The molecule has 0 fully saturated rings. The first-order valence-corrected chi connectivity index (χ1v) is 7.70. The molecule has 0 aliphatic carbocycles. The number of aromatic nitrogens is 1. The van der Waals surface area contributed by atoms with Gasteiger partial charge in [-0.2, -0.15) is 0 Å². The summed E-state index contributed by atoms with van der Waals surface area (Å²) in [7, 11) is 0. The molecule has 0 spiro atoms. The van der Waals surface area contributed by atoms with Crippen molar-refractivity contribution in [3.63, 3.8) is 0 Å². The molecule has 0 radical (unpaired) electrons. The van der Waals surface area contributed by atoms with Crippen LogP contribution in [0.3, 0.4) is 0 Å². The number of rotatable bonds is 6. The van der Waals surface area contributed by atoms with Gasteiger partial charge in [0.05, 0.1) is 14.9 Å². The van der Waals surface area contributed by atoms with Gasteiger partial charge in [0.1, 0.15) is 0 Å². The lowest BCUT2D eigenvalue weighted by atomic mass is 10.3. The molecule has 18 heavy (non-hydrogen) atoms. The maximum absolute atomic E-state index is 5.74. The second kappa shape index (κ2) is 6.50. The normalized spacial score (nSPS) is 11.3. The fourth-order valence-corrected chi connectivity index (χ4v) is 2.95. The molecule has 0 unspecified atom stereocenters. The Hall–Kier alpha value is -0.650. The predicted molar refractivity (Wildman–Crippen MR) is 79.0 cm³/mol. The van der Waals surface area contributed by atoms with Gasteiger partial charge in [0, 0.05) is 12.5 Å². The molecule has 0 amide bonds. The number of oxazole rings is 1. The minimum absolute atomic E-state index is 0.536. The molecule has 0 saturated heterocycles. The number of thiophene rings is 1. The Morgan fingerprint density at radius 3 is 2.94 bits per heavy atom. The van der Waals surface area contributed by atoms with Crippen LogP contribution in [0.1, 0.15) is 26.2 Å². The van der Waals surface area contributed by atoms with Crippen molar-refractivity contribution in [3.8, 4) is 10.6 Å². The van der Waals surface area contributed by atoms with E-state index in [1.54, 1.807) is 11.3 Å². The van der Waals surface area contributed by atoms with E-state index in [1.165, 1.54) is 0 Å². The van der Waals surface area contributed by atoms with Crippen LogP contribution < -0.4 is 5.32 Å². The van der Waals surface area contributed by atoms with Gasteiger partial charge in [0.2, 0.25) is 0 Å². The van der Waals surface area contributed by atoms with Crippen molar-refractivity contribution in [2.75, 3.05) is 6.54 Å². The SMILES string of the molecule is CC(C)NCCCc1ncc(-c2ccc(Br)s2)o1. The molecule has 5 heteroatoms. The van der Waals surface area contributed by atoms with Gasteiger partial charge < -0.3 is 9.73 Å². The van der Waals surface area contributed by atoms with Gasteiger partial charge in [-0.15, -0.1) is 11.3 Å². The summed E-state index contributed by atoms with van der Waals surface area (Å²) >= 11 is 5.11. The quantitative estimate of drug-likeness (QED) is 0.811. The Kier molecular flexibility index (Phi) is 4.97. The highest BCUT2D eigenvalue weighted by atomic mass is 79.9. The lowest BCUT2D eigenvalue weighted by Gasteiger charge is -2.05. The summed E-state index contributed by atoms with van der Waals surface area (Å²) in [5.74, 6) is 1.68. The summed E-state index contributed by atoms with van der Waals surface area (Å²) in [6.07, 6.45) is 3.74. The molecular formula is C13H17BrN2OS. The van der Waals surface area contributed by atoms with Crippen LogP contribution in [-0.4, -0.2) is 17.6 Å². The van der Waals surface area contributed by atoms with E-state index in [9.17, 15) is 0 Å². The molecule has 1 N–H and O–H groups in total. The second-order valence-corrected chi connectivity index (χ2v) is 6.90. The molecule has 2 heterocycles. The third kappa shape index (κ3) is 3.93. The zero-order valence-corrected chi connectivity index (χ0v) is 13.0. The fraction of sp³-hybridized carbons (Fsp3) is 0.462. The van der Waals surface area contributed by atoms with Gasteiger partial charge in [-0.05, 0) is 41.0 Å². The van der Waals surface area contributed by atoms with Crippen molar-refractivity contribution in [2.24, 2.45) is 0 Å². The Balaban J connectivity index is 1.86. The minimum atomic E-state index is 0.536. The highest BCUT2D eigenvalue weighted by Gasteiger charge is 2.08. The number of hydrogen-bond acceptors (Lipinski definition) is 4. The van der Waals surface area contributed by atoms with Gasteiger partial charge in [0.25, 0.3) is 0 Å². The topological polar surface area (TPSA) is 38.1 Å². The molecule has 98 valence electrons. The van der Waals surface area contributed by atoms with Crippen molar-refractivity contribution < 1.29 is 4.42 Å². The highest BCUT2D eigenvalue weighted by Crippen LogP contribution is 2.31. The molecule has 0 bridgehead atoms. The predicted octanol–water partition coefficient (Wildman–Crippen LogP) is 4.10. The lowest BCUT2D eigenvalue weighted by Crippen LogP contribution is -2.23. The molecule has 3 nitrogen and oxygen atoms in total. The van der Waals surface area contributed by atoms with E-state index < -0.39 is 0 Å². The van der Waals surface area contributed by atoms with Crippen molar-refractivity contribution in [2.45, 2.75) is 32.7 Å². The summed E-state index contributed by atoms with van der Waals surface area (Å²) in [6.45, 7) is 5.30. The zero-order valence-electron chi connectivity index (χ0n) is 10.6. The molecule has 0 aliphatic heterocycles. The van der Waals surface area contributed by atoms with E-state index >= 15 is 0 Å². The van der Waals surface area contributed by atoms with Crippen LogP contribution >= 0.6 is 27.3 Å². The summed E-state index contributed by atoms with van der Waals surface area (Å²) < 4.78 is 6.85. The third-order valence-corrected chi connectivity index (χ3v) is 4.13. The van der Waals surface area contributed by atoms with E-state index in [2.05, 4.69) is 40.1 Å². The summed E-state index contributed by atoms with van der Waals surface area (Å²) in [5, 5.41) is 3.38. The van der Waals surface area contributed by atoms with E-state index in [4.69, 9.17) is 4.42 Å². The van der Waals surface area contributed by atoms with E-state index in [0.29, 0.717) is 6.04 Å². The fourth-order valence-electron chi connectivity index (χ4n) is 1.62. The zero-order chi connectivity index (χ0) is 13.0. The maximum atomic E-state index is 5.74. The first-order valence-electron chi connectivity index (χ1n) is 6.09. The van der Waals surface area contributed by atoms with Crippen LogP contribution in [0, 0.1) is 0 Å². The number of aryl methyl sites for hydroxylation is 1. The third-order valence-electron chi connectivity index (χ3n) is 2.49. The first kappa shape index (κ1) is 13.8.